The van der Waals surface area contributed by atoms with E-state index < -0.39 is 5.60 Å². The Kier molecular flexibility index (Phi) is 3.92. The standard InChI is InChI=1S/C12H22O/c1-7-9-12(13,10(3)8-2)11(4,5)6/h7-10,13H,2H2,1,3-6H3/b9-7+/t10-,12+/m0/s1. The van der Waals surface area contributed by atoms with E-state index in [4.69, 9.17) is 0 Å². The van der Waals surface area contributed by atoms with Gasteiger partial charge in [0.1, 0.15) is 0 Å². The maximum absolute atomic E-state index is 10.5. The Morgan fingerprint density at radius 3 is 2.00 bits per heavy atom. The molecule has 0 bridgehead atoms. The van der Waals surface area contributed by atoms with Crippen LogP contribution in [0.25, 0.3) is 0 Å². The van der Waals surface area contributed by atoms with Crippen molar-refractivity contribution in [2.45, 2.75) is 40.2 Å². The van der Waals surface area contributed by atoms with E-state index in [-0.39, 0.29) is 11.3 Å². The SMILES string of the molecule is C=C[C@H](C)[C@](O)(/C=C/C)C(C)(C)C. The first-order valence-corrected chi connectivity index (χ1v) is 4.78. The Hall–Kier alpha value is -0.560. The van der Waals surface area contributed by atoms with E-state index in [0.717, 1.165) is 0 Å². The lowest BCUT2D eigenvalue weighted by Gasteiger charge is -2.41. The summed E-state index contributed by atoms with van der Waals surface area (Å²) in [6.45, 7) is 13.7. The first kappa shape index (κ1) is 12.4. The summed E-state index contributed by atoms with van der Waals surface area (Å²) in [4.78, 5) is 0. The molecule has 0 aromatic rings. The number of hydrogen-bond acceptors (Lipinski definition) is 1. The van der Waals surface area contributed by atoms with Gasteiger partial charge in [-0.05, 0) is 12.3 Å². The van der Waals surface area contributed by atoms with Gasteiger partial charge in [0.15, 0.2) is 0 Å². The highest BCUT2D eigenvalue weighted by molar-refractivity contribution is 5.12. The van der Waals surface area contributed by atoms with E-state index in [1.165, 1.54) is 0 Å². The van der Waals surface area contributed by atoms with Crippen LogP contribution in [0.5, 0.6) is 0 Å². The van der Waals surface area contributed by atoms with Crippen LogP contribution in [0.1, 0.15) is 34.6 Å². The molecule has 1 N–H and O–H groups in total. The van der Waals surface area contributed by atoms with Gasteiger partial charge in [-0.1, -0.05) is 45.9 Å². The average molecular weight is 182 g/mol. The summed E-state index contributed by atoms with van der Waals surface area (Å²) in [7, 11) is 0. The first-order valence-electron chi connectivity index (χ1n) is 4.78. The zero-order valence-electron chi connectivity index (χ0n) is 9.46. The van der Waals surface area contributed by atoms with Crippen molar-refractivity contribution in [1.82, 2.24) is 0 Å². The normalized spacial score (nSPS) is 19.8. The summed E-state index contributed by atoms with van der Waals surface area (Å²) in [5, 5.41) is 10.5. The Morgan fingerprint density at radius 2 is 1.77 bits per heavy atom. The molecule has 1 nitrogen and oxygen atoms in total. The van der Waals surface area contributed by atoms with E-state index in [1.807, 2.05) is 46.8 Å². The quantitative estimate of drug-likeness (QED) is 0.665. The fraction of sp³-hybridized carbons (Fsp3) is 0.667. The van der Waals surface area contributed by atoms with Crippen molar-refractivity contribution >= 4 is 0 Å². The molecule has 13 heavy (non-hydrogen) atoms. The van der Waals surface area contributed by atoms with Crippen molar-refractivity contribution in [3.63, 3.8) is 0 Å². The second kappa shape index (κ2) is 4.10. The molecule has 0 radical (unpaired) electrons. The molecule has 0 rings (SSSR count). The number of hydrogen-bond donors (Lipinski definition) is 1. The molecule has 0 aliphatic rings. The van der Waals surface area contributed by atoms with Crippen LogP contribution in [0.4, 0.5) is 0 Å². The summed E-state index contributed by atoms with van der Waals surface area (Å²) < 4.78 is 0. The molecule has 76 valence electrons. The molecule has 0 spiro atoms. The van der Waals surface area contributed by atoms with Crippen molar-refractivity contribution < 1.29 is 5.11 Å². The van der Waals surface area contributed by atoms with Gasteiger partial charge in [-0.25, -0.2) is 0 Å². The largest absolute Gasteiger partial charge is 0.385 e. The smallest absolute Gasteiger partial charge is 0.0935 e. The van der Waals surface area contributed by atoms with Crippen LogP contribution in [-0.2, 0) is 0 Å². The number of allylic oxidation sites excluding steroid dienone is 1. The van der Waals surface area contributed by atoms with Crippen molar-refractivity contribution in [3.05, 3.63) is 24.8 Å². The van der Waals surface area contributed by atoms with Crippen molar-refractivity contribution in [2.24, 2.45) is 11.3 Å². The van der Waals surface area contributed by atoms with Gasteiger partial charge in [-0.3, -0.25) is 0 Å². The maximum atomic E-state index is 10.5. The van der Waals surface area contributed by atoms with Crippen LogP contribution in [0.2, 0.25) is 0 Å². The first-order chi connectivity index (χ1) is 5.79. The molecule has 0 aromatic carbocycles. The van der Waals surface area contributed by atoms with Gasteiger partial charge in [0.05, 0.1) is 5.60 Å². The minimum atomic E-state index is -0.802. The third-order valence-electron chi connectivity index (χ3n) is 2.67. The van der Waals surface area contributed by atoms with Gasteiger partial charge in [-0.2, -0.15) is 0 Å². The monoisotopic (exact) mass is 182 g/mol. The second-order valence-electron chi connectivity index (χ2n) is 4.60. The Balaban J connectivity index is 5.06. The molecule has 2 atom stereocenters. The van der Waals surface area contributed by atoms with E-state index in [1.54, 1.807) is 6.08 Å². The zero-order valence-corrected chi connectivity index (χ0v) is 9.46. The predicted octanol–water partition coefficient (Wildman–Crippen LogP) is 3.16. The van der Waals surface area contributed by atoms with Crippen LogP contribution in [0, 0.1) is 11.3 Å². The van der Waals surface area contributed by atoms with Gasteiger partial charge >= 0.3 is 0 Å². The Morgan fingerprint density at radius 1 is 1.31 bits per heavy atom. The molecule has 0 aliphatic heterocycles. The summed E-state index contributed by atoms with van der Waals surface area (Å²) in [6, 6.07) is 0. The second-order valence-corrected chi connectivity index (χ2v) is 4.60. The number of rotatable bonds is 3. The minimum absolute atomic E-state index is 0.0590. The van der Waals surface area contributed by atoms with Gasteiger partial charge in [-0.15, -0.1) is 6.58 Å². The summed E-state index contributed by atoms with van der Waals surface area (Å²) in [5.74, 6) is 0.0590. The molecular weight excluding hydrogens is 160 g/mol. The number of aliphatic hydroxyl groups is 1. The van der Waals surface area contributed by atoms with Crippen LogP contribution in [0.15, 0.2) is 24.8 Å². The van der Waals surface area contributed by atoms with E-state index in [9.17, 15) is 5.11 Å². The third kappa shape index (κ3) is 2.44. The lowest BCUT2D eigenvalue weighted by Crippen LogP contribution is -2.45. The van der Waals surface area contributed by atoms with Crippen LogP contribution in [0.3, 0.4) is 0 Å². The highest BCUT2D eigenvalue weighted by Crippen LogP contribution is 2.38. The van der Waals surface area contributed by atoms with Crippen LogP contribution >= 0.6 is 0 Å². The maximum Gasteiger partial charge on any atom is 0.0935 e. The van der Waals surface area contributed by atoms with Crippen molar-refractivity contribution in [1.29, 1.82) is 0 Å². The molecule has 0 amide bonds. The van der Waals surface area contributed by atoms with Crippen LogP contribution < -0.4 is 0 Å². The van der Waals surface area contributed by atoms with Crippen molar-refractivity contribution in [3.8, 4) is 0 Å². The molecule has 0 saturated heterocycles. The van der Waals surface area contributed by atoms with E-state index in [2.05, 4.69) is 6.58 Å². The van der Waals surface area contributed by atoms with E-state index >= 15 is 0 Å². The average Bonchev–Trinajstić information content (AvgIpc) is 2.01. The predicted molar refractivity (Wildman–Crippen MR) is 58.6 cm³/mol. The summed E-state index contributed by atoms with van der Waals surface area (Å²) in [5.41, 5.74) is -0.976. The lowest BCUT2D eigenvalue weighted by atomic mass is 9.69. The highest BCUT2D eigenvalue weighted by Gasteiger charge is 2.40. The molecule has 0 unspecified atom stereocenters. The van der Waals surface area contributed by atoms with E-state index in [0.29, 0.717) is 0 Å². The summed E-state index contributed by atoms with van der Waals surface area (Å²) >= 11 is 0. The minimum Gasteiger partial charge on any atom is -0.385 e. The van der Waals surface area contributed by atoms with Crippen LogP contribution in [-0.4, -0.2) is 10.7 Å². The molecule has 0 saturated carbocycles. The molecular formula is C12H22O. The Labute approximate surface area is 82.2 Å². The lowest BCUT2D eigenvalue weighted by molar-refractivity contribution is -0.0428. The molecule has 0 aromatic heterocycles. The van der Waals surface area contributed by atoms with Gasteiger partial charge in [0, 0.05) is 5.92 Å². The molecule has 0 fully saturated rings. The fourth-order valence-corrected chi connectivity index (χ4v) is 1.52. The van der Waals surface area contributed by atoms with Gasteiger partial charge in [0.2, 0.25) is 0 Å². The molecule has 1 heteroatoms. The van der Waals surface area contributed by atoms with Gasteiger partial charge < -0.3 is 5.11 Å². The summed E-state index contributed by atoms with van der Waals surface area (Å²) in [6.07, 6.45) is 5.55. The Bertz CT molecular complexity index is 198. The van der Waals surface area contributed by atoms with Gasteiger partial charge in [0.25, 0.3) is 0 Å². The fourth-order valence-electron chi connectivity index (χ4n) is 1.52. The van der Waals surface area contributed by atoms with Crippen molar-refractivity contribution in [2.75, 3.05) is 0 Å². The zero-order chi connectivity index (χ0) is 10.7. The highest BCUT2D eigenvalue weighted by atomic mass is 16.3. The topological polar surface area (TPSA) is 20.2 Å². The third-order valence-corrected chi connectivity index (χ3v) is 2.67. The molecule has 0 heterocycles. The molecule has 0 aliphatic carbocycles.